The predicted octanol–water partition coefficient (Wildman–Crippen LogP) is 3.18. The summed E-state index contributed by atoms with van der Waals surface area (Å²) in [5.41, 5.74) is 2.09. The van der Waals surface area contributed by atoms with Gasteiger partial charge in [-0.3, -0.25) is 9.59 Å². The van der Waals surface area contributed by atoms with Crippen molar-refractivity contribution < 1.29 is 9.59 Å². The standard InChI is InChI=1S/C18H23NO2S/c20-17(19-10-12-22-13-11-19)7-3-5-15-9-8-14-4-1-2-6-16(14)18(15)21/h1-2,4,6,15H,3,5,7-13H2. The third-order valence-corrected chi connectivity index (χ3v) is 5.67. The molecule has 0 N–H and O–H groups in total. The third kappa shape index (κ3) is 3.54. The molecule has 3 rings (SSSR count). The molecular formula is C18H23NO2S. The minimum absolute atomic E-state index is 0.111. The molecule has 22 heavy (non-hydrogen) atoms. The number of Topliss-reactive ketones (excluding diaryl/α,β-unsaturated/α-hetero) is 1. The molecular weight excluding hydrogens is 294 g/mol. The van der Waals surface area contributed by atoms with Gasteiger partial charge in [0.15, 0.2) is 5.78 Å². The lowest BCUT2D eigenvalue weighted by atomic mass is 9.80. The average Bonchev–Trinajstić information content (AvgIpc) is 2.58. The highest BCUT2D eigenvalue weighted by Gasteiger charge is 2.27. The van der Waals surface area contributed by atoms with Crippen LogP contribution in [-0.2, 0) is 11.2 Å². The maximum Gasteiger partial charge on any atom is 0.222 e. The van der Waals surface area contributed by atoms with Gasteiger partial charge in [0.1, 0.15) is 0 Å². The van der Waals surface area contributed by atoms with E-state index in [-0.39, 0.29) is 17.6 Å². The Kier molecular flexibility index (Phi) is 5.19. The Hall–Kier alpha value is -1.29. The number of thioether (sulfide) groups is 1. The number of fused-ring (bicyclic) bond motifs is 1. The normalized spacial score (nSPS) is 21.5. The summed E-state index contributed by atoms with van der Waals surface area (Å²) in [7, 11) is 0. The van der Waals surface area contributed by atoms with E-state index in [9.17, 15) is 9.59 Å². The van der Waals surface area contributed by atoms with Crippen molar-refractivity contribution in [1.82, 2.24) is 4.90 Å². The van der Waals surface area contributed by atoms with Crippen LogP contribution in [0.1, 0.15) is 41.6 Å². The number of carbonyl (C=O) groups is 2. The van der Waals surface area contributed by atoms with Crippen molar-refractivity contribution in [1.29, 1.82) is 0 Å². The van der Waals surface area contributed by atoms with Crippen molar-refractivity contribution >= 4 is 23.5 Å². The molecule has 0 spiro atoms. The average molecular weight is 317 g/mol. The number of amides is 1. The summed E-state index contributed by atoms with van der Waals surface area (Å²) in [6.45, 7) is 1.78. The van der Waals surface area contributed by atoms with Crippen LogP contribution in [-0.4, -0.2) is 41.2 Å². The van der Waals surface area contributed by atoms with Crippen molar-refractivity contribution in [3.8, 4) is 0 Å². The van der Waals surface area contributed by atoms with Crippen LogP contribution in [0.5, 0.6) is 0 Å². The number of aryl methyl sites for hydroxylation is 1. The summed E-state index contributed by atoms with van der Waals surface area (Å²) >= 11 is 1.92. The molecule has 2 aliphatic rings. The summed E-state index contributed by atoms with van der Waals surface area (Å²) in [5.74, 6) is 2.78. The summed E-state index contributed by atoms with van der Waals surface area (Å²) in [4.78, 5) is 26.6. The largest absolute Gasteiger partial charge is 0.341 e. The molecule has 3 nitrogen and oxygen atoms in total. The van der Waals surface area contributed by atoms with E-state index in [0.717, 1.165) is 55.8 Å². The maximum absolute atomic E-state index is 12.5. The van der Waals surface area contributed by atoms with Gasteiger partial charge in [-0.1, -0.05) is 24.3 Å². The number of hydrogen-bond donors (Lipinski definition) is 0. The highest BCUT2D eigenvalue weighted by atomic mass is 32.2. The quantitative estimate of drug-likeness (QED) is 0.856. The second kappa shape index (κ2) is 7.32. The van der Waals surface area contributed by atoms with Crippen LogP contribution in [0.4, 0.5) is 0 Å². The second-order valence-corrected chi connectivity index (χ2v) is 7.37. The van der Waals surface area contributed by atoms with Gasteiger partial charge in [0.2, 0.25) is 5.91 Å². The lowest BCUT2D eigenvalue weighted by Gasteiger charge is -2.27. The van der Waals surface area contributed by atoms with Crippen LogP contribution in [0.2, 0.25) is 0 Å². The molecule has 4 heteroatoms. The van der Waals surface area contributed by atoms with Gasteiger partial charge in [0, 0.05) is 42.5 Å². The first-order valence-corrected chi connectivity index (χ1v) is 9.39. The molecule has 1 aromatic carbocycles. The van der Waals surface area contributed by atoms with Gasteiger partial charge >= 0.3 is 0 Å². The monoisotopic (exact) mass is 317 g/mol. The van der Waals surface area contributed by atoms with Crippen LogP contribution in [0, 0.1) is 5.92 Å². The maximum atomic E-state index is 12.5. The van der Waals surface area contributed by atoms with Crippen LogP contribution in [0.15, 0.2) is 24.3 Å². The lowest BCUT2D eigenvalue weighted by Crippen LogP contribution is -2.37. The zero-order valence-corrected chi connectivity index (χ0v) is 13.7. The zero-order chi connectivity index (χ0) is 15.4. The Morgan fingerprint density at radius 3 is 2.82 bits per heavy atom. The van der Waals surface area contributed by atoms with Crippen LogP contribution < -0.4 is 0 Å². The molecule has 1 aliphatic carbocycles. The molecule has 1 fully saturated rings. The second-order valence-electron chi connectivity index (χ2n) is 6.14. The smallest absolute Gasteiger partial charge is 0.222 e. The fraction of sp³-hybridized carbons (Fsp3) is 0.556. The lowest BCUT2D eigenvalue weighted by molar-refractivity contribution is -0.131. The van der Waals surface area contributed by atoms with Gasteiger partial charge in [0.25, 0.3) is 0 Å². The fourth-order valence-electron chi connectivity index (χ4n) is 3.41. The van der Waals surface area contributed by atoms with Crippen molar-refractivity contribution in [2.45, 2.75) is 32.1 Å². The molecule has 0 bridgehead atoms. The summed E-state index contributed by atoms with van der Waals surface area (Å²) in [6, 6.07) is 7.95. The van der Waals surface area contributed by atoms with Crippen LogP contribution >= 0.6 is 11.8 Å². The number of benzene rings is 1. The van der Waals surface area contributed by atoms with E-state index in [1.54, 1.807) is 0 Å². The van der Waals surface area contributed by atoms with Gasteiger partial charge in [-0.25, -0.2) is 0 Å². The number of nitrogens with zero attached hydrogens (tertiary/aromatic N) is 1. The Morgan fingerprint density at radius 1 is 1.23 bits per heavy atom. The van der Waals surface area contributed by atoms with Crippen LogP contribution in [0.25, 0.3) is 0 Å². The minimum Gasteiger partial charge on any atom is -0.341 e. The van der Waals surface area contributed by atoms with Gasteiger partial charge in [0.05, 0.1) is 0 Å². The van der Waals surface area contributed by atoms with E-state index in [2.05, 4.69) is 6.07 Å². The first-order chi connectivity index (χ1) is 10.8. The minimum atomic E-state index is 0.111. The summed E-state index contributed by atoms with van der Waals surface area (Å²) in [6.07, 6.45) is 4.20. The van der Waals surface area contributed by atoms with E-state index in [1.165, 1.54) is 5.56 Å². The Balaban J connectivity index is 1.48. The molecule has 1 atom stereocenters. The van der Waals surface area contributed by atoms with Crippen LogP contribution in [0.3, 0.4) is 0 Å². The summed E-state index contributed by atoms with van der Waals surface area (Å²) < 4.78 is 0. The topological polar surface area (TPSA) is 37.4 Å². The molecule has 1 heterocycles. The highest BCUT2D eigenvalue weighted by Crippen LogP contribution is 2.28. The molecule has 0 saturated carbocycles. The number of ketones is 1. The van der Waals surface area contributed by atoms with Gasteiger partial charge in [-0.15, -0.1) is 0 Å². The predicted molar refractivity (Wildman–Crippen MR) is 90.3 cm³/mol. The van der Waals surface area contributed by atoms with E-state index >= 15 is 0 Å². The molecule has 118 valence electrons. The first kappa shape index (κ1) is 15.6. The van der Waals surface area contributed by atoms with Crippen molar-refractivity contribution in [3.05, 3.63) is 35.4 Å². The molecule has 1 aromatic rings. The zero-order valence-electron chi connectivity index (χ0n) is 12.9. The Labute approximate surface area is 136 Å². The molecule has 0 aromatic heterocycles. The number of rotatable bonds is 4. The number of carbonyl (C=O) groups excluding carboxylic acids is 2. The van der Waals surface area contributed by atoms with E-state index in [1.807, 2.05) is 34.9 Å². The van der Waals surface area contributed by atoms with Gasteiger partial charge in [-0.05, 0) is 31.2 Å². The summed E-state index contributed by atoms with van der Waals surface area (Å²) in [5, 5.41) is 0. The highest BCUT2D eigenvalue weighted by molar-refractivity contribution is 7.99. The van der Waals surface area contributed by atoms with Gasteiger partial charge < -0.3 is 4.90 Å². The van der Waals surface area contributed by atoms with E-state index in [0.29, 0.717) is 6.42 Å². The molecule has 1 amide bonds. The fourth-order valence-corrected chi connectivity index (χ4v) is 4.31. The Bertz CT molecular complexity index is 552. The van der Waals surface area contributed by atoms with E-state index in [4.69, 9.17) is 0 Å². The van der Waals surface area contributed by atoms with Crippen molar-refractivity contribution in [2.75, 3.05) is 24.6 Å². The molecule has 0 radical (unpaired) electrons. The van der Waals surface area contributed by atoms with Crippen molar-refractivity contribution in [2.24, 2.45) is 5.92 Å². The SMILES string of the molecule is O=C1c2ccccc2CCC1CCCC(=O)N1CCSCC1. The third-order valence-electron chi connectivity index (χ3n) is 4.72. The molecule has 1 unspecified atom stereocenters. The van der Waals surface area contributed by atoms with Gasteiger partial charge in [-0.2, -0.15) is 11.8 Å². The Morgan fingerprint density at radius 2 is 2.00 bits per heavy atom. The molecule has 1 saturated heterocycles. The first-order valence-electron chi connectivity index (χ1n) is 8.23. The number of hydrogen-bond acceptors (Lipinski definition) is 3. The van der Waals surface area contributed by atoms with E-state index < -0.39 is 0 Å². The molecule has 1 aliphatic heterocycles. The van der Waals surface area contributed by atoms with Crippen molar-refractivity contribution in [3.63, 3.8) is 0 Å².